The molecule has 1 fully saturated rings. The van der Waals surface area contributed by atoms with E-state index in [9.17, 15) is 18.0 Å². The predicted molar refractivity (Wildman–Crippen MR) is 70.0 cm³/mol. The van der Waals surface area contributed by atoms with Gasteiger partial charge in [-0.2, -0.15) is 4.98 Å². The molecule has 0 spiro atoms. The Morgan fingerprint density at radius 1 is 1.48 bits per heavy atom. The maximum absolute atomic E-state index is 12.2. The van der Waals surface area contributed by atoms with E-state index in [0.29, 0.717) is 19.6 Å². The standard InChI is InChI=1S/C11H11BrF3N3O3/c12-7-1-2-8(17-9(7)21-11(13,14)15)18-10(19)16-6-3-4-20-5-6/h1-2,6H,3-5H2,(H2,16,17,18,19). The van der Waals surface area contributed by atoms with Crippen molar-refractivity contribution in [3.8, 4) is 5.88 Å². The molecular weight excluding hydrogens is 359 g/mol. The van der Waals surface area contributed by atoms with Gasteiger partial charge in [0.2, 0.25) is 5.88 Å². The van der Waals surface area contributed by atoms with Gasteiger partial charge in [-0.05, 0) is 34.5 Å². The Morgan fingerprint density at radius 3 is 2.86 bits per heavy atom. The summed E-state index contributed by atoms with van der Waals surface area (Å²) < 4.78 is 45.4. The molecule has 1 aliphatic heterocycles. The van der Waals surface area contributed by atoms with Crippen LogP contribution in [0.2, 0.25) is 0 Å². The molecule has 1 aromatic rings. The lowest BCUT2D eigenvalue weighted by atomic mass is 10.3. The predicted octanol–water partition coefficient (Wildman–Crippen LogP) is 2.65. The minimum absolute atomic E-state index is 0.0231. The van der Waals surface area contributed by atoms with Crippen molar-refractivity contribution >= 4 is 27.8 Å². The number of pyridine rings is 1. The fraction of sp³-hybridized carbons (Fsp3) is 0.455. The average molecular weight is 370 g/mol. The number of carbonyl (C=O) groups is 1. The normalized spacial score (nSPS) is 18.4. The van der Waals surface area contributed by atoms with Gasteiger partial charge in [-0.15, -0.1) is 13.2 Å². The van der Waals surface area contributed by atoms with Crippen LogP contribution in [0.15, 0.2) is 16.6 Å². The van der Waals surface area contributed by atoms with Crippen LogP contribution < -0.4 is 15.4 Å². The van der Waals surface area contributed by atoms with Crippen LogP contribution in [-0.4, -0.2) is 36.6 Å². The van der Waals surface area contributed by atoms with E-state index < -0.39 is 18.3 Å². The molecule has 21 heavy (non-hydrogen) atoms. The molecule has 2 N–H and O–H groups in total. The molecule has 0 radical (unpaired) electrons. The topological polar surface area (TPSA) is 72.5 Å². The number of alkyl halides is 3. The van der Waals surface area contributed by atoms with Crippen LogP contribution in [0, 0.1) is 0 Å². The third-order valence-corrected chi connectivity index (χ3v) is 3.14. The number of urea groups is 1. The van der Waals surface area contributed by atoms with Crippen LogP contribution >= 0.6 is 15.9 Å². The maximum atomic E-state index is 12.2. The van der Waals surface area contributed by atoms with E-state index in [1.165, 1.54) is 12.1 Å². The number of aromatic nitrogens is 1. The summed E-state index contributed by atoms with van der Waals surface area (Å²) in [6.07, 6.45) is -4.18. The summed E-state index contributed by atoms with van der Waals surface area (Å²) in [6.45, 7) is 0.967. The van der Waals surface area contributed by atoms with Crippen molar-refractivity contribution < 1.29 is 27.4 Å². The first kappa shape index (κ1) is 15.8. The Hall–Kier alpha value is -1.55. The highest BCUT2D eigenvalue weighted by molar-refractivity contribution is 9.10. The molecule has 0 aromatic carbocycles. The molecule has 2 amide bonds. The summed E-state index contributed by atoms with van der Waals surface area (Å²) in [4.78, 5) is 15.2. The fourth-order valence-electron chi connectivity index (χ4n) is 1.66. The van der Waals surface area contributed by atoms with E-state index in [1.54, 1.807) is 0 Å². The monoisotopic (exact) mass is 369 g/mol. The molecular formula is C11H11BrF3N3O3. The third-order valence-electron chi connectivity index (χ3n) is 2.53. The Balaban J connectivity index is 1.99. The van der Waals surface area contributed by atoms with Gasteiger partial charge in [0.15, 0.2) is 0 Å². The smallest absolute Gasteiger partial charge is 0.387 e. The van der Waals surface area contributed by atoms with E-state index in [1.807, 2.05) is 0 Å². The molecule has 0 aliphatic carbocycles. The highest BCUT2D eigenvalue weighted by Crippen LogP contribution is 2.29. The van der Waals surface area contributed by atoms with Crippen molar-refractivity contribution in [1.82, 2.24) is 10.3 Å². The lowest BCUT2D eigenvalue weighted by Gasteiger charge is -2.13. The summed E-state index contributed by atoms with van der Waals surface area (Å²) in [5.41, 5.74) is 0. The Bertz CT molecular complexity index is 521. The van der Waals surface area contributed by atoms with Crippen molar-refractivity contribution in [2.75, 3.05) is 18.5 Å². The number of hydrogen-bond donors (Lipinski definition) is 2. The highest BCUT2D eigenvalue weighted by atomic mass is 79.9. The van der Waals surface area contributed by atoms with Crippen LogP contribution in [-0.2, 0) is 4.74 Å². The van der Waals surface area contributed by atoms with Crippen molar-refractivity contribution in [3.63, 3.8) is 0 Å². The summed E-state index contributed by atoms with van der Waals surface area (Å²) in [6, 6.07) is 1.95. The Morgan fingerprint density at radius 2 is 2.24 bits per heavy atom. The van der Waals surface area contributed by atoms with E-state index in [0.717, 1.165) is 0 Å². The zero-order valence-electron chi connectivity index (χ0n) is 10.5. The first-order chi connectivity index (χ1) is 9.83. The fourth-order valence-corrected chi connectivity index (χ4v) is 1.96. The van der Waals surface area contributed by atoms with Crippen molar-refractivity contribution in [1.29, 1.82) is 0 Å². The lowest BCUT2D eigenvalue weighted by Crippen LogP contribution is -2.38. The Labute approximate surface area is 126 Å². The zero-order valence-corrected chi connectivity index (χ0v) is 12.1. The van der Waals surface area contributed by atoms with Gasteiger partial charge in [0.1, 0.15) is 5.82 Å². The molecule has 1 saturated heterocycles. The molecule has 0 bridgehead atoms. The average Bonchev–Trinajstić information content (AvgIpc) is 2.84. The number of hydrogen-bond acceptors (Lipinski definition) is 4. The van der Waals surface area contributed by atoms with Gasteiger partial charge in [0.25, 0.3) is 0 Å². The number of nitrogens with zero attached hydrogens (tertiary/aromatic N) is 1. The van der Waals surface area contributed by atoms with Gasteiger partial charge in [-0.25, -0.2) is 4.79 Å². The largest absolute Gasteiger partial charge is 0.574 e. The van der Waals surface area contributed by atoms with Gasteiger partial charge >= 0.3 is 12.4 Å². The summed E-state index contributed by atoms with van der Waals surface area (Å²) in [5.74, 6) is -0.738. The SMILES string of the molecule is O=C(Nc1ccc(Br)c(OC(F)(F)F)n1)NC1CCOC1. The van der Waals surface area contributed by atoms with Gasteiger partial charge in [0, 0.05) is 6.61 Å². The van der Waals surface area contributed by atoms with E-state index >= 15 is 0 Å². The second kappa shape index (κ2) is 6.48. The summed E-state index contributed by atoms with van der Waals surface area (Å²) >= 11 is 2.89. The molecule has 1 aliphatic rings. The second-order valence-electron chi connectivity index (χ2n) is 4.19. The maximum Gasteiger partial charge on any atom is 0.574 e. The molecule has 2 heterocycles. The number of carbonyl (C=O) groups excluding carboxylic acids is 1. The van der Waals surface area contributed by atoms with E-state index in [-0.39, 0.29) is 16.3 Å². The number of anilines is 1. The minimum Gasteiger partial charge on any atom is -0.387 e. The number of ether oxygens (including phenoxy) is 2. The van der Waals surface area contributed by atoms with Gasteiger partial charge < -0.3 is 14.8 Å². The van der Waals surface area contributed by atoms with Crippen molar-refractivity contribution in [3.05, 3.63) is 16.6 Å². The lowest BCUT2D eigenvalue weighted by molar-refractivity contribution is -0.276. The third kappa shape index (κ3) is 5.05. The molecule has 1 unspecified atom stereocenters. The first-order valence-electron chi connectivity index (χ1n) is 5.91. The number of halogens is 4. The van der Waals surface area contributed by atoms with Crippen LogP contribution in [0.1, 0.15) is 6.42 Å². The summed E-state index contributed by atoms with van der Waals surface area (Å²) in [7, 11) is 0. The molecule has 116 valence electrons. The minimum atomic E-state index is -4.86. The Kier molecular flexibility index (Phi) is 4.88. The van der Waals surface area contributed by atoms with Crippen molar-refractivity contribution in [2.24, 2.45) is 0 Å². The molecule has 0 saturated carbocycles. The number of amides is 2. The molecule has 10 heteroatoms. The zero-order chi connectivity index (χ0) is 15.5. The first-order valence-corrected chi connectivity index (χ1v) is 6.70. The second-order valence-corrected chi connectivity index (χ2v) is 5.04. The quantitative estimate of drug-likeness (QED) is 0.858. The van der Waals surface area contributed by atoms with Crippen LogP contribution in [0.4, 0.5) is 23.8 Å². The number of rotatable bonds is 3. The number of nitrogens with one attached hydrogen (secondary N) is 2. The van der Waals surface area contributed by atoms with Crippen LogP contribution in [0.3, 0.4) is 0 Å². The molecule has 1 aromatic heterocycles. The molecule has 2 rings (SSSR count). The van der Waals surface area contributed by atoms with Crippen LogP contribution in [0.5, 0.6) is 5.88 Å². The van der Waals surface area contributed by atoms with Gasteiger partial charge in [0.05, 0.1) is 17.1 Å². The van der Waals surface area contributed by atoms with Crippen molar-refractivity contribution in [2.45, 2.75) is 18.8 Å². The van der Waals surface area contributed by atoms with E-state index in [4.69, 9.17) is 4.74 Å². The molecule has 1 atom stereocenters. The highest BCUT2D eigenvalue weighted by Gasteiger charge is 2.33. The summed E-state index contributed by atoms with van der Waals surface area (Å²) in [5, 5.41) is 4.96. The van der Waals surface area contributed by atoms with Gasteiger partial charge in [-0.1, -0.05) is 0 Å². The van der Waals surface area contributed by atoms with Gasteiger partial charge in [-0.3, -0.25) is 5.32 Å². The van der Waals surface area contributed by atoms with Crippen LogP contribution in [0.25, 0.3) is 0 Å². The van der Waals surface area contributed by atoms with E-state index in [2.05, 4.69) is 36.3 Å². The molecule has 6 nitrogen and oxygen atoms in total.